The van der Waals surface area contributed by atoms with Gasteiger partial charge in [-0.2, -0.15) is 0 Å². The van der Waals surface area contributed by atoms with E-state index < -0.39 is 5.82 Å². The van der Waals surface area contributed by atoms with Crippen LogP contribution in [0.4, 0.5) is 4.39 Å². The number of fused-ring (bicyclic) bond motifs is 2. The minimum atomic E-state index is -0.419. The molecule has 2 aliphatic rings. The van der Waals surface area contributed by atoms with Gasteiger partial charge in [0.05, 0.1) is 5.56 Å². The topological polar surface area (TPSA) is 32.3 Å². The lowest BCUT2D eigenvalue weighted by molar-refractivity contribution is 0.0743. The lowest BCUT2D eigenvalue weighted by atomic mass is 10.1. The van der Waals surface area contributed by atoms with Gasteiger partial charge in [-0.05, 0) is 38.3 Å². The van der Waals surface area contributed by atoms with Crippen molar-refractivity contribution in [2.45, 2.75) is 38.3 Å². The van der Waals surface area contributed by atoms with E-state index in [0.29, 0.717) is 18.6 Å². The van der Waals surface area contributed by atoms with Gasteiger partial charge in [-0.1, -0.05) is 11.6 Å². The molecule has 1 amide bonds. The molecule has 1 aromatic carbocycles. The van der Waals surface area contributed by atoms with Crippen LogP contribution in [0.25, 0.3) is 0 Å². The van der Waals surface area contributed by atoms with E-state index in [1.54, 1.807) is 17.0 Å². The fraction of sp³-hybridized carbons (Fsp3) is 0.533. The van der Waals surface area contributed by atoms with Crippen molar-refractivity contribution >= 4 is 5.91 Å². The molecule has 3 rings (SSSR count). The standard InChI is InChI=1S/C15H19FN2O/c1-10-2-5-14(16)13(8-10)15(19)18-7-6-11-3-4-12(9-18)17-11/h2,5,8,11-12,17H,3-4,6-7,9H2,1H3. The Kier molecular flexibility index (Phi) is 3.27. The van der Waals surface area contributed by atoms with E-state index in [-0.39, 0.29) is 11.5 Å². The van der Waals surface area contributed by atoms with Crippen LogP contribution >= 0.6 is 0 Å². The Morgan fingerprint density at radius 3 is 2.95 bits per heavy atom. The van der Waals surface area contributed by atoms with Crippen LogP contribution < -0.4 is 5.32 Å². The Balaban J connectivity index is 1.81. The first kappa shape index (κ1) is 12.6. The highest BCUT2D eigenvalue weighted by atomic mass is 19.1. The molecule has 4 heteroatoms. The zero-order chi connectivity index (χ0) is 13.4. The third kappa shape index (κ3) is 2.50. The summed E-state index contributed by atoms with van der Waals surface area (Å²) in [6.07, 6.45) is 3.28. The van der Waals surface area contributed by atoms with E-state index in [1.807, 2.05) is 6.92 Å². The summed E-state index contributed by atoms with van der Waals surface area (Å²) in [4.78, 5) is 14.3. The van der Waals surface area contributed by atoms with Gasteiger partial charge in [0.2, 0.25) is 0 Å². The molecule has 0 aliphatic carbocycles. The molecule has 2 unspecified atom stereocenters. The molecule has 2 fully saturated rings. The number of halogens is 1. The Hall–Kier alpha value is -1.42. The van der Waals surface area contributed by atoms with Crippen LogP contribution in [-0.4, -0.2) is 36.0 Å². The van der Waals surface area contributed by atoms with Crippen LogP contribution in [0.5, 0.6) is 0 Å². The van der Waals surface area contributed by atoms with Gasteiger partial charge in [-0.25, -0.2) is 4.39 Å². The first-order chi connectivity index (χ1) is 9.13. The summed E-state index contributed by atoms with van der Waals surface area (Å²) in [7, 11) is 0. The smallest absolute Gasteiger partial charge is 0.256 e. The number of nitrogens with zero attached hydrogens (tertiary/aromatic N) is 1. The van der Waals surface area contributed by atoms with Crippen LogP contribution in [0.15, 0.2) is 18.2 Å². The molecule has 3 nitrogen and oxygen atoms in total. The zero-order valence-corrected chi connectivity index (χ0v) is 11.2. The van der Waals surface area contributed by atoms with E-state index >= 15 is 0 Å². The number of rotatable bonds is 1. The summed E-state index contributed by atoms with van der Waals surface area (Å²) >= 11 is 0. The molecule has 0 radical (unpaired) electrons. The molecule has 2 bridgehead atoms. The van der Waals surface area contributed by atoms with Crippen molar-refractivity contribution in [1.82, 2.24) is 10.2 Å². The average Bonchev–Trinajstić information content (AvgIpc) is 2.71. The predicted molar refractivity (Wildman–Crippen MR) is 71.6 cm³/mol. The molecule has 102 valence electrons. The summed E-state index contributed by atoms with van der Waals surface area (Å²) in [6.45, 7) is 3.30. The van der Waals surface area contributed by atoms with Gasteiger partial charge in [0, 0.05) is 25.2 Å². The summed E-state index contributed by atoms with van der Waals surface area (Å²) in [5.41, 5.74) is 1.12. The largest absolute Gasteiger partial charge is 0.337 e. The number of amides is 1. The molecule has 0 aromatic heterocycles. The summed E-state index contributed by atoms with van der Waals surface area (Å²) in [5, 5.41) is 3.53. The molecule has 2 heterocycles. The summed E-state index contributed by atoms with van der Waals surface area (Å²) in [5.74, 6) is -0.589. The first-order valence-electron chi connectivity index (χ1n) is 6.95. The van der Waals surface area contributed by atoms with E-state index in [4.69, 9.17) is 0 Å². The molecule has 2 saturated heterocycles. The quantitative estimate of drug-likeness (QED) is 0.840. The third-order valence-corrected chi connectivity index (χ3v) is 4.16. The van der Waals surface area contributed by atoms with E-state index in [2.05, 4.69) is 5.32 Å². The molecule has 0 spiro atoms. The van der Waals surface area contributed by atoms with Crippen molar-refractivity contribution in [1.29, 1.82) is 0 Å². The summed E-state index contributed by atoms with van der Waals surface area (Å²) < 4.78 is 13.8. The second kappa shape index (κ2) is 4.93. The molecule has 2 atom stereocenters. The Morgan fingerprint density at radius 2 is 2.11 bits per heavy atom. The lowest BCUT2D eigenvalue weighted by Gasteiger charge is -2.24. The molecular formula is C15H19FN2O. The van der Waals surface area contributed by atoms with Gasteiger partial charge in [0.25, 0.3) is 5.91 Å². The van der Waals surface area contributed by atoms with E-state index in [1.165, 1.54) is 12.5 Å². The van der Waals surface area contributed by atoms with Gasteiger partial charge >= 0.3 is 0 Å². The van der Waals surface area contributed by atoms with Crippen molar-refractivity contribution in [2.75, 3.05) is 13.1 Å². The Bertz CT molecular complexity index is 503. The van der Waals surface area contributed by atoms with Gasteiger partial charge in [-0.3, -0.25) is 4.79 Å². The number of carbonyl (C=O) groups is 1. The molecule has 1 aromatic rings. The maximum atomic E-state index is 13.8. The number of likely N-dealkylation sites (tertiary alicyclic amines) is 1. The Morgan fingerprint density at radius 1 is 1.32 bits per heavy atom. The second-order valence-electron chi connectivity index (χ2n) is 5.66. The number of hydrogen-bond donors (Lipinski definition) is 1. The summed E-state index contributed by atoms with van der Waals surface area (Å²) in [6, 6.07) is 5.63. The number of aryl methyl sites for hydroxylation is 1. The molecule has 0 saturated carbocycles. The third-order valence-electron chi connectivity index (χ3n) is 4.16. The normalized spacial score (nSPS) is 26.3. The fourth-order valence-corrected chi connectivity index (χ4v) is 3.10. The highest BCUT2D eigenvalue weighted by Crippen LogP contribution is 2.22. The predicted octanol–water partition coefficient (Wildman–Crippen LogP) is 2.10. The van der Waals surface area contributed by atoms with Gasteiger partial charge in [0.15, 0.2) is 0 Å². The lowest BCUT2D eigenvalue weighted by Crippen LogP contribution is -2.39. The van der Waals surface area contributed by atoms with Gasteiger partial charge in [-0.15, -0.1) is 0 Å². The van der Waals surface area contributed by atoms with Crippen LogP contribution in [0, 0.1) is 12.7 Å². The molecular weight excluding hydrogens is 243 g/mol. The second-order valence-corrected chi connectivity index (χ2v) is 5.66. The van der Waals surface area contributed by atoms with Crippen LogP contribution in [0.1, 0.15) is 35.2 Å². The monoisotopic (exact) mass is 262 g/mol. The van der Waals surface area contributed by atoms with E-state index in [9.17, 15) is 9.18 Å². The van der Waals surface area contributed by atoms with E-state index in [0.717, 1.165) is 24.9 Å². The average molecular weight is 262 g/mol. The van der Waals surface area contributed by atoms with Crippen LogP contribution in [-0.2, 0) is 0 Å². The van der Waals surface area contributed by atoms with Crippen molar-refractivity contribution in [3.63, 3.8) is 0 Å². The SMILES string of the molecule is Cc1ccc(F)c(C(=O)N2CCC3CCC(C2)N3)c1. The van der Waals surface area contributed by atoms with Crippen molar-refractivity contribution in [3.8, 4) is 0 Å². The van der Waals surface area contributed by atoms with Gasteiger partial charge < -0.3 is 10.2 Å². The molecule has 19 heavy (non-hydrogen) atoms. The van der Waals surface area contributed by atoms with Crippen molar-refractivity contribution < 1.29 is 9.18 Å². The zero-order valence-electron chi connectivity index (χ0n) is 11.2. The minimum absolute atomic E-state index is 0.171. The number of hydrogen-bond acceptors (Lipinski definition) is 2. The van der Waals surface area contributed by atoms with Crippen molar-refractivity contribution in [2.24, 2.45) is 0 Å². The molecule has 1 N–H and O–H groups in total. The maximum absolute atomic E-state index is 13.8. The van der Waals surface area contributed by atoms with Crippen LogP contribution in [0.3, 0.4) is 0 Å². The highest BCUT2D eigenvalue weighted by molar-refractivity contribution is 5.94. The number of carbonyl (C=O) groups excluding carboxylic acids is 1. The first-order valence-corrected chi connectivity index (χ1v) is 6.95. The number of nitrogens with one attached hydrogen (secondary N) is 1. The maximum Gasteiger partial charge on any atom is 0.256 e. The molecule has 2 aliphatic heterocycles. The number of benzene rings is 1. The van der Waals surface area contributed by atoms with Gasteiger partial charge in [0.1, 0.15) is 5.82 Å². The van der Waals surface area contributed by atoms with Crippen molar-refractivity contribution in [3.05, 3.63) is 35.1 Å². The minimum Gasteiger partial charge on any atom is -0.337 e. The highest BCUT2D eigenvalue weighted by Gasteiger charge is 2.32. The van der Waals surface area contributed by atoms with Crippen LogP contribution in [0.2, 0.25) is 0 Å². The fourth-order valence-electron chi connectivity index (χ4n) is 3.10. The Labute approximate surface area is 112 Å².